The van der Waals surface area contributed by atoms with Crippen molar-refractivity contribution in [1.29, 1.82) is 5.26 Å². The Balaban J connectivity index is 3.38. The Labute approximate surface area is 111 Å². The largest absolute Gasteiger partial charge is 0.291 e. The molecule has 1 rings (SSSR count). The van der Waals surface area contributed by atoms with E-state index in [-0.39, 0.29) is 11.5 Å². The average Bonchev–Trinajstić information content (AvgIpc) is 2.20. The van der Waals surface area contributed by atoms with Crippen molar-refractivity contribution in [2.24, 2.45) is 0 Å². The van der Waals surface area contributed by atoms with Gasteiger partial charge in [-0.25, -0.2) is 0 Å². The third-order valence-electron chi connectivity index (χ3n) is 3.37. The quantitative estimate of drug-likeness (QED) is 0.792. The molecule has 0 aliphatic rings. The van der Waals surface area contributed by atoms with Crippen molar-refractivity contribution >= 4 is 0 Å². The number of hydrogen-bond donors (Lipinski definition) is 0. The predicted molar refractivity (Wildman–Crippen MR) is 76.7 cm³/mol. The summed E-state index contributed by atoms with van der Waals surface area (Å²) in [4.78, 5) is 1.96. The molecule has 2 nitrogen and oxygen atoms in total. The maximum atomic E-state index is 9.34. The number of hydrogen-bond acceptors (Lipinski definition) is 2. The molecule has 1 aromatic carbocycles. The van der Waals surface area contributed by atoms with Crippen LogP contribution in [-0.2, 0) is 5.41 Å². The van der Waals surface area contributed by atoms with Gasteiger partial charge in [-0.05, 0) is 55.6 Å². The summed E-state index contributed by atoms with van der Waals surface area (Å²) in [6.45, 7) is 10.9. The zero-order valence-electron chi connectivity index (χ0n) is 12.6. The lowest BCUT2D eigenvalue weighted by molar-refractivity contribution is 0.356. The van der Waals surface area contributed by atoms with Crippen molar-refractivity contribution in [3.63, 3.8) is 0 Å². The van der Waals surface area contributed by atoms with Crippen molar-refractivity contribution in [2.75, 3.05) is 14.1 Å². The van der Waals surface area contributed by atoms with E-state index < -0.39 is 0 Å². The first-order valence-corrected chi connectivity index (χ1v) is 6.36. The van der Waals surface area contributed by atoms with E-state index >= 15 is 0 Å². The summed E-state index contributed by atoms with van der Waals surface area (Å²) >= 11 is 0. The van der Waals surface area contributed by atoms with Crippen LogP contribution in [0.1, 0.15) is 49.1 Å². The van der Waals surface area contributed by atoms with Crippen molar-refractivity contribution in [3.05, 3.63) is 34.4 Å². The van der Waals surface area contributed by atoms with E-state index in [2.05, 4.69) is 52.8 Å². The van der Waals surface area contributed by atoms with E-state index in [9.17, 15) is 5.26 Å². The van der Waals surface area contributed by atoms with Gasteiger partial charge in [0.1, 0.15) is 6.04 Å². The fourth-order valence-corrected chi connectivity index (χ4v) is 2.28. The molecule has 0 fully saturated rings. The molecule has 1 unspecified atom stereocenters. The van der Waals surface area contributed by atoms with E-state index in [1.165, 1.54) is 16.7 Å². The molecule has 0 amide bonds. The minimum atomic E-state index is -0.168. The topological polar surface area (TPSA) is 27.0 Å². The second kappa shape index (κ2) is 5.12. The molecular formula is C16H24N2. The van der Waals surface area contributed by atoms with Gasteiger partial charge in [0.2, 0.25) is 0 Å². The van der Waals surface area contributed by atoms with Gasteiger partial charge in [0.15, 0.2) is 0 Å². The number of benzene rings is 1. The lowest BCUT2D eigenvalue weighted by atomic mass is 9.82. The van der Waals surface area contributed by atoms with Crippen LogP contribution in [0.3, 0.4) is 0 Å². The summed E-state index contributed by atoms with van der Waals surface area (Å²) < 4.78 is 0. The standard InChI is InChI=1S/C16H24N2/c1-11-8-13(16(3,4)5)9-12(2)15(11)14(10-17)18(6)7/h8-9,14H,1-7H3. The molecule has 0 aliphatic carbocycles. The van der Waals surface area contributed by atoms with Crippen LogP contribution in [0, 0.1) is 25.2 Å². The average molecular weight is 244 g/mol. The van der Waals surface area contributed by atoms with Crippen LogP contribution in [0.15, 0.2) is 12.1 Å². The lowest BCUT2D eigenvalue weighted by Crippen LogP contribution is -2.21. The summed E-state index contributed by atoms with van der Waals surface area (Å²) in [5.41, 5.74) is 5.04. The zero-order chi connectivity index (χ0) is 14.1. The van der Waals surface area contributed by atoms with Crippen LogP contribution in [-0.4, -0.2) is 19.0 Å². The molecule has 0 bridgehead atoms. The van der Waals surface area contributed by atoms with Gasteiger partial charge >= 0.3 is 0 Å². The molecule has 0 spiro atoms. The Kier molecular flexibility index (Phi) is 4.19. The third-order valence-corrected chi connectivity index (χ3v) is 3.37. The van der Waals surface area contributed by atoms with E-state index in [0.29, 0.717) is 0 Å². The molecule has 2 heteroatoms. The number of nitriles is 1. The first-order chi connectivity index (χ1) is 8.18. The Morgan fingerprint density at radius 2 is 1.56 bits per heavy atom. The predicted octanol–water partition coefficient (Wildman–Crippen LogP) is 3.73. The van der Waals surface area contributed by atoms with Gasteiger partial charge in [0.25, 0.3) is 0 Å². The van der Waals surface area contributed by atoms with Crippen LogP contribution >= 0.6 is 0 Å². The maximum absolute atomic E-state index is 9.34. The van der Waals surface area contributed by atoms with Crippen molar-refractivity contribution in [3.8, 4) is 6.07 Å². The van der Waals surface area contributed by atoms with Crippen LogP contribution in [0.2, 0.25) is 0 Å². The smallest absolute Gasteiger partial charge is 0.123 e. The second-order valence-electron chi connectivity index (χ2n) is 6.27. The van der Waals surface area contributed by atoms with Gasteiger partial charge in [-0.15, -0.1) is 0 Å². The summed E-state index contributed by atoms with van der Waals surface area (Å²) in [5, 5.41) is 9.34. The normalized spacial score (nSPS) is 13.5. The Hall–Kier alpha value is -1.33. The molecule has 0 aromatic heterocycles. The minimum absolute atomic E-state index is 0.147. The molecular weight excluding hydrogens is 220 g/mol. The third kappa shape index (κ3) is 2.91. The van der Waals surface area contributed by atoms with Crippen LogP contribution < -0.4 is 0 Å². The summed E-state index contributed by atoms with van der Waals surface area (Å²) in [6.07, 6.45) is 0. The molecule has 0 saturated carbocycles. The fourth-order valence-electron chi connectivity index (χ4n) is 2.28. The van der Waals surface area contributed by atoms with E-state index in [1.807, 2.05) is 19.0 Å². The van der Waals surface area contributed by atoms with Crippen molar-refractivity contribution in [2.45, 2.75) is 46.1 Å². The zero-order valence-corrected chi connectivity index (χ0v) is 12.6. The molecule has 0 aliphatic heterocycles. The van der Waals surface area contributed by atoms with Gasteiger partial charge in [-0.3, -0.25) is 4.90 Å². The summed E-state index contributed by atoms with van der Waals surface area (Å²) in [7, 11) is 3.90. The van der Waals surface area contributed by atoms with E-state index in [4.69, 9.17) is 0 Å². The molecule has 0 radical (unpaired) electrons. The van der Waals surface area contributed by atoms with Crippen molar-refractivity contribution in [1.82, 2.24) is 4.90 Å². The van der Waals surface area contributed by atoms with E-state index in [0.717, 1.165) is 5.56 Å². The van der Waals surface area contributed by atoms with Gasteiger partial charge in [-0.1, -0.05) is 32.9 Å². The van der Waals surface area contributed by atoms with Crippen LogP contribution in [0.4, 0.5) is 0 Å². The number of nitrogens with zero attached hydrogens (tertiary/aromatic N) is 2. The monoisotopic (exact) mass is 244 g/mol. The summed E-state index contributed by atoms with van der Waals surface area (Å²) in [5.74, 6) is 0. The fraction of sp³-hybridized carbons (Fsp3) is 0.562. The lowest BCUT2D eigenvalue weighted by Gasteiger charge is -2.26. The highest BCUT2D eigenvalue weighted by Gasteiger charge is 2.21. The SMILES string of the molecule is Cc1cc(C(C)(C)C)cc(C)c1C(C#N)N(C)C. The molecule has 0 heterocycles. The first-order valence-electron chi connectivity index (χ1n) is 6.36. The molecule has 1 atom stereocenters. The molecule has 1 aromatic rings. The Bertz CT molecular complexity index is 450. The molecule has 98 valence electrons. The summed E-state index contributed by atoms with van der Waals surface area (Å²) in [6, 6.07) is 6.65. The Morgan fingerprint density at radius 1 is 1.11 bits per heavy atom. The van der Waals surface area contributed by atoms with Crippen LogP contribution in [0.5, 0.6) is 0 Å². The molecule has 0 saturated heterocycles. The van der Waals surface area contributed by atoms with Gasteiger partial charge in [0.05, 0.1) is 6.07 Å². The van der Waals surface area contributed by atoms with Gasteiger partial charge < -0.3 is 0 Å². The van der Waals surface area contributed by atoms with Gasteiger partial charge in [0, 0.05) is 0 Å². The highest BCUT2D eigenvalue weighted by molar-refractivity contribution is 5.44. The van der Waals surface area contributed by atoms with E-state index in [1.54, 1.807) is 0 Å². The number of aryl methyl sites for hydroxylation is 2. The Morgan fingerprint density at radius 3 is 1.83 bits per heavy atom. The highest BCUT2D eigenvalue weighted by atomic mass is 15.1. The molecule has 0 N–H and O–H groups in total. The molecule has 18 heavy (non-hydrogen) atoms. The number of rotatable bonds is 2. The highest BCUT2D eigenvalue weighted by Crippen LogP contribution is 2.31. The second-order valence-corrected chi connectivity index (χ2v) is 6.27. The maximum Gasteiger partial charge on any atom is 0.123 e. The van der Waals surface area contributed by atoms with Gasteiger partial charge in [-0.2, -0.15) is 5.26 Å². The first kappa shape index (κ1) is 14.7. The van der Waals surface area contributed by atoms with Crippen molar-refractivity contribution < 1.29 is 0 Å². The van der Waals surface area contributed by atoms with Crippen LogP contribution in [0.25, 0.3) is 0 Å². The minimum Gasteiger partial charge on any atom is -0.291 e.